The number of thioether (sulfide) groups is 1. The number of aromatic nitrogens is 3. The Morgan fingerprint density at radius 2 is 2.46 bits per heavy atom. The van der Waals surface area contributed by atoms with Crippen LogP contribution in [-0.2, 0) is 11.2 Å². The molecule has 1 aromatic rings. The maximum atomic E-state index is 11.2. The van der Waals surface area contributed by atoms with Crippen molar-refractivity contribution in [2.75, 3.05) is 11.2 Å². The van der Waals surface area contributed by atoms with E-state index >= 15 is 0 Å². The van der Waals surface area contributed by atoms with Crippen molar-refractivity contribution in [1.29, 1.82) is 0 Å². The largest absolute Gasteiger partial charge is 0.273 e. The second-order valence-electron chi connectivity index (χ2n) is 2.72. The summed E-state index contributed by atoms with van der Waals surface area (Å²) in [5, 5.41) is 8.73. The molecule has 70 valence electrons. The summed E-state index contributed by atoms with van der Waals surface area (Å²) in [6.07, 6.45) is 1.31. The number of hydrogen-bond acceptors (Lipinski definition) is 4. The van der Waals surface area contributed by atoms with E-state index in [0.29, 0.717) is 6.42 Å². The molecule has 0 saturated heterocycles. The van der Waals surface area contributed by atoms with Crippen LogP contribution in [0.25, 0.3) is 0 Å². The Morgan fingerprint density at radius 1 is 1.62 bits per heavy atom. The van der Waals surface area contributed by atoms with Gasteiger partial charge in [-0.3, -0.25) is 10.2 Å². The van der Waals surface area contributed by atoms with Gasteiger partial charge in [-0.05, 0) is 0 Å². The van der Waals surface area contributed by atoms with Gasteiger partial charge in [-0.1, -0.05) is 18.7 Å². The highest BCUT2D eigenvalue weighted by atomic mass is 32.2. The van der Waals surface area contributed by atoms with Crippen LogP contribution in [0, 0.1) is 0 Å². The van der Waals surface area contributed by atoms with Gasteiger partial charge < -0.3 is 0 Å². The van der Waals surface area contributed by atoms with Gasteiger partial charge in [-0.25, -0.2) is 4.68 Å². The van der Waals surface area contributed by atoms with Crippen molar-refractivity contribution in [1.82, 2.24) is 14.9 Å². The maximum absolute atomic E-state index is 11.2. The molecule has 1 aliphatic heterocycles. The quantitative estimate of drug-likeness (QED) is 0.710. The first kappa shape index (κ1) is 8.55. The highest BCUT2D eigenvalue weighted by Crippen LogP contribution is 2.19. The van der Waals surface area contributed by atoms with Gasteiger partial charge in [0.1, 0.15) is 0 Å². The van der Waals surface area contributed by atoms with Gasteiger partial charge in [0.05, 0.1) is 0 Å². The number of carbonyl (C=O) groups excluding carboxylic acids is 1. The van der Waals surface area contributed by atoms with E-state index in [1.54, 1.807) is 16.4 Å². The number of nitrogens with one attached hydrogen (secondary N) is 1. The predicted molar refractivity (Wildman–Crippen MR) is 49.1 cm³/mol. The molecule has 0 saturated carbocycles. The fraction of sp³-hybridized carbons (Fsp3) is 0.571. The lowest BCUT2D eigenvalue weighted by Gasteiger charge is -2.05. The van der Waals surface area contributed by atoms with Crippen LogP contribution in [0.4, 0.5) is 0 Å². The lowest BCUT2D eigenvalue weighted by molar-refractivity contribution is -0.116. The van der Waals surface area contributed by atoms with Crippen LogP contribution >= 0.6 is 11.8 Å². The fourth-order valence-electron chi connectivity index (χ4n) is 1.15. The molecular weight excluding hydrogens is 188 g/mol. The first-order valence-electron chi connectivity index (χ1n) is 4.18. The fourth-order valence-corrected chi connectivity index (χ4v) is 2.00. The van der Waals surface area contributed by atoms with E-state index in [-0.39, 0.29) is 5.91 Å². The van der Waals surface area contributed by atoms with Crippen LogP contribution in [0.5, 0.6) is 0 Å². The summed E-state index contributed by atoms with van der Waals surface area (Å²) in [5.41, 5.74) is 2.75. The number of amides is 1. The van der Waals surface area contributed by atoms with E-state index in [4.69, 9.17) is 0 Å². The van der Waals surface area contributed by atoms with E-state index in [2.05, 4.69) is 15.6 Å². The zero-order valence-electron chi connectivity index (χ0n) is 7.28. The van der Waals surface area contributed by atoms with Gasteiger partial charge >= 0.3 is 0 Å². The van der Waals surface area contributed by atoms with E-state index in [9.17, 15) is 4.79 Å². The molecule has 0 fully saturated rings. The summed E-state index contributed by atoms with van der Waals surface area (Å²) in [6, 6.07) is 0. The molecule has 5 nitrogen and oxygen atoms in total. The monoisotopic (exact) mass is 198 g/mol. The Hall–Kier alpha value is -1.04. The van der Waals surface area contributed by atoms with Crippen molar-refractivity contribution in [2.45, 2.75) is 24.9 Å². The van der Waals surface area contributed by atoms with E-state index in [1.807, 2.05) is 6.92 Å². The third-order valence-corrected chi connectivity index (χ3v) is 2.74. The van der Waals surface area contributed by atoms with Crippen molar-refractivity contribution in [2.24, 2.45) is 0 Å². The average molecular weight is 198 g/mol. The lowest BCUT2D eigenvalue weighted by Crippen LogP contribution is -2.23. The third kappa shape index (κ3) is 1.53. The molecule has 2 rings (SSSR count). The minimum Gasteiger partial charge on any atom is -0.273 e. The second kappa shape index (κ2) is 3.37. The summed E-state index contributed by atoms with van der Waals surface area (Å²) < 4.78 is 1.68. The van der Waals surface area contributed by atoms with E-state index in [1.165, 1.54) is 0 Å². The van der Waals surface area contributed by atoms with Crippen LogP contribution in [-0.4, -0.2) is 26.5 Å². The minimum absolute atomic E-state index is 0.0285. The first-order valence-corrected chi connectivity index (χ1v) is 5.16. The topological polar surface area (TPSA) is 59.8 Å². The van der Waals surface area contributed by atoms with Crippen molar-refractivity contribution in [3.63, 3.8) is 0 Å². The molecule has 1 aromatic heterocycles. The van der Waals surface area contributed by atoms with E-state index in [0.717, 1.165) is 23.2 Å². The van der Waals surface area contributed by atoms with Crippen LogP contribution in [0.2, 0.25) is 0 Å². The summed E-state index contributed by atoms with van der Waals surface area (Å²) in [6.45, 7) is 1.99. The van der Waals surface area contributed by atoms with Gasteiger partial charge in [0.25, 0.3) is 0 Å². The molecule has 0 aromatic carbocycles. The van der Waals surface area contributed by atoms with Gasteiger partial charge in [0.15, 0.2) is 5.82 Å². The van der Waals surface area contributed by atoms with Crippen LogP contribution < -0.4 is 5.43 Å². The molecule has 0 radical (unpaired) electrons. The van der Waals surface area contributed by atoms with Crippen molar-refractivity contribution < 1.29 is 4.79 Å². The van der Waals surface area contributed by atoms with Crippen molar-refractivity contribution in [3.05, 3.63) is 5.82 Å². The Labute approximate surface area is 79.9 Å². The molecule has 0 unspecified atom stereocenters. The van der Waals surface area contributed by atoms with Crippen LogP contribution in [0.1, 0.15) is 19.2 Å². The average Bonchev–Trinajstić information content (AvgIpc) is 2.39. The van der Waals surface area contributed by atoms with Crippen LogP contribution in [0.3, 0.4) is 0 Å². The lowest BCUT2D eigenvalue weighted by atomic mass is 10.4. The van der Waals surface area contributed by atoms with E-state index < -0.39 is 0 Å². The van der Waals surface area contributed by atoms with Crippen molar-refractivity contribution in [3.8, 4) is 0 Å². The number of hydrogen-bond donors (Lipinski definition) is 1. The smallest absolute Gasteiger partial charge is 0.239 e. The molecule has 0 aliphatic carbocycles. The minimum atomic E-state index is 0.0285. The van der Waals surface area contributed by atoms with Gasteiger partial charge in [-0.15, -0.1) is 10.2 Å². The molecule has 0 bridgehead atoms. The Bertz CT molecular complexity index is 335. The number of rotatable bonds is 1. The highest BCUT2D eigenvalue weighted by molar-refractivity contribution is 7.99. The number of carbonyl (C=O) groups is 1. The standard InChI is InChI=1S/C7H10N4OS/c1-2-5-8-9-7-11(5)10-6(12)3-4-13-7/h2-4H2,1H3,(H,10,12). The Morgan fingerprint density at radius 3 is 3.23 bits per heavy atom. The van der Waals surface area contributed by atoms with Gasteiger partial charge in [0.2, 0.25) is 11.1 Å². The molecule has 1 aliphatic rings. The Balaban J connectivity index is 2.37. The first-order chi connectivity index (χ1) is 6.31. The second-order valence-corrected chi connectivity index (χ2v) is 3.78. The molecule has 6 heteroatoms. The molecule has 1 N–H and O–H groups in total. The molecule has 2 heterocycles. The number of fused-ring (bicyclic) bond motifs is 1. The van der Waals surface area contributed by atoms with Crippen LogP contribution in [0.15, 0.2) is 5.16 Å². The molecule has 1 amide bonds. The van der Waals surface area contributed by atoms with Crippen molar-refractivity contribution >= 4 is 17.7 Å². The SMILES string of the molecule is CCc1nnc2n1NC(=O)CCS2. The molecule has 0 atom stereocenters. The summed E-state index contributed by atoms with van der Waals surface area (Å²) in [4.78, 5) is 11.2. The number of nitrogens with zero attached hydrogens (tertiary/aromatic N) is 3. The maximum Gasteiger partial charge on any atom is 0.239 e. The molecule has 0 spiro atoms. The molecule has 13 heavy (non-hydrogen) atoms. The zero-order chi connectivity index (χ0) is 9.26. The predicted octanol–water partition coefficient (Wildman–Crippen LogP) is 0.406. The zero-order valence-corrected chi connectivity index (χ0v) is 8.10. The third-order valence-electron chi connectivity index (χ3n) is 1.81. The van der Waals surface area contributed by atoms with Gasteiger partial charge in [-0.2, -0.15) is 0 Å². The normalized spacial score (nSPS) is 16.2. The number of aryl methyl sites for hydroxylation is 1. The summed E-state index contributed by atoms with van der Waals surface area (Å²) in [5.74, 6) is 1.60. The highest BCUT2D eigenvalue weighted by Gasteiger charge is 2.17. The summed E-state index contributed by atoms with van der Waals surface area (Å²) >= 11 is 1.56. The molecular formula is C7H10N4OS. The Kier molecular flexibility index (Phi) is 2.22. The summed E-state index contributed by atoms with van der Waals surface area (Å²) in [7, 11) is 0. The van der Waals surface area contributed by atoms with Gasteiger partial charge in [0, 0.05) is 18.6 Å².